The molecule has 2 unspecified atom stereocenters. The Bertz CT molecular complexity index is 375. The van der Waals surface area contributed by atoms with Crippen molar-refractivity contribution in [1.29, 1.82) is 0 Å². The maximum Gasteiger partial charge on any atom is 0.0346 e. The van der Waals surface area contributed by atoms with Crippen molar-refractivity contribution in [3.05, 3.63) is 29.8 Å². The number of rotatable bonds is 4. The Hall–Kier alpha value is -1.02. The normalized spacial score (nSPS) is 22.9. The third-order valence-corrected chi connectivity index (χ3v) is 4.39. The second-order valence-corrected chi connectivity index (χ2v) is 5.88. The van der Waals surface area contributed by atoms with Gasteiger partial charge in [-0.1, -0.05) is 25.1 Å². The number of likely N-dealkylation sites (tertiary alicyclic amines) is 1. The van der Waals surface area contributed by atoms with Crippen LogP contribution >= 0.6 is 0 Å². The zero-order valence-corrected chi connectivity index (χ0v) is 11.7. The van der Waals surface area contributed by atoms with Crippen LogP contribution in [0.1, 0.15) is 31.7 Å². The van der Waals surface area contributed by atoms with Crippen LogP contribution in [0.25, 0.3) is 0 Å². The van der Waals surface area contributed by atoms with Crippen molar-refractivity contribution >= 4 is 5.69 Å². The summed E-state index contributed by atoms with van der Waals surface area (Å²) in [6, 6.07) is 8.27. The standard InChI is InChI=1S/C16H26N2/c1-13(15-7-5-11-18(2)12-15)9-10-14-6-3-4-8-16(14)17/h3-4,6,8,13,15H,5,7,9-12,17H2,1-2H3. The van der Waals surface area contributed by atoms with Gasteiger partial charge in [0.25, 0.3) is 0 Å². The second-order valence-electron chi connectivity index (χ2n) is 5.88. The molecule has 0 aliphatic carbocycles. The van der Waals surface area contributed by atoms with Crippen molar-refractivity contribution in [3.8, 4) is 0 Å². The minimum absolute atomic E-state index is 0.798. The van der Waals surface area contributed by atoms with Gasteiger partial charge in [0, 0.05) is 12.2 Å². The molecular weight excluding hydrogens is 220 g/mol. The minimum Gasteiger partial charge on any atom is -0.399 e. The molecule has 1 aromatic rings. The summed E-state index contributed by atoms with van der Waals surface area (Å²) in [6.07, 6.45) is 5.13. The van der Waals surface area contributed by atoms with Gasteiger partial charge in [-0.05, 0) is 62.7 Å². The first kappa shape index (κ1) is 13.4. The Morgan fingerprint density at radius 2 is 2.17 bits per heavy atom. The molecule has 18 heavy (non-hydrogen) atoms. The topological polar surface area (TPSA) is 29.3 Å². The molecule has 1 aromatic carbocycles. The number of para-hydroxylation sites is 1. The molecule has 0 bridgehead atoms. The summed E-state index contributed by atoms with van der Waals surface area (Å²) in [5, 5.41) is 0. The molecular formula is C16H26N2. The smallest absolute Gasteiger partial charge is 0.0346 e. The number of hydrogen-bond acceptors (Lipinski definition) is 2. The van der Waals surface area contributed by atoms with E-state index in [-0.39, 0.29) is 0 Å². The fraction of sp³-hybridized carbons (Fsp3) is 0.625. The van der Waals surface area contributed by atoms with E-state index in [9.17, 15) is 0 Å². The molecule has 2 atom stereocenters. The SMILES string of the molecule is CC(CCc1ccccc1N)C1CCCN(C)C1. The van der Waals surface area contributed by atoms with Crippen LogP contribution in [0.4, 0.5) is 5.69 Å². The first-order valence-electron chi connectivity index (χ1n) is 7.18. The van der Waals surface area contributed by atoms with E-state index in [1.165, 1.54) is 37.9 Å². The highest BCUT2D eigenvalue weighted by molar-refractivity contribution is 5.46. The quantitative estimate of drug-likeness (QED) is 0.827. The number of nitrogens with zero attached hydrogens (tertiary/aromatic N) is 1. The fourth-order valence-corrected chi connectivity index (χ4v) is 3.05. The lowest BCUT2D eigenvalue weighted by atomic mass is 9.83. The summed E-state index contributed by atoms with van der Waals surface area (Å²) in [6.45, 7) is 4.95. The van der Waals surface area contributed by atoms with E-state index >= 15 is 0 Å². The number of piperidine rings is 1. The zero-order valence-electron chi connectivity index (χ0n) is 11.7. The van der Waals surface area contributed by atoms with Gasteiger partial charge in [0.1, 0.15) is 0 Å². The van der Waals surface area contributed by atoms with Crippen molar-refractivity contribution in [2.45, 2.75) is 32.6 Å². The second kappa shape index (κ2) is 6.24. The fourth-order valence-electron chi connectivity index (χ4n) is 3.05. The predicted octanol–water partition coefficient (Wildman–Crippen LogP) is 3.18. The van der Waals surface area contributed by atoms with Gasteiger partial charge < -0.3 is 10.6 Å². The first-order valence-corrected chi connectivity index (χ1v) is 7.18. The largest absolute Gasteiger partial charge is 0.399 e. The molecule has 2 heteroatoms. The Morgan fingerprint density at radius 1 is 1.39 bits per heavy atom. The average molecular weight is 246 g/mol. The van der Waals surface area contributed by atoms with Crippen LogP contribution in [0.3, 0.4) is 0 Å². The van der Waals surface area contributed by atoms with Gasteiger partial charge in [-0.15, -0.1) is 0 Å². The molecule has 2 nitrogen and oxygen atoms in total. The lowest BCUT2D eigenvalue weighted by Gasteiger charge is -2.33. The van der Waals surface area contributed by atoms with Crippen LogP contribution in [0.15, 0.2) is 24.3 Å². The van der Waals surface area contributed by atoms with Crippen molar-refractivity contribution in [3.63, 3.8) is 0 Å². The molecule has 0 amide bonds. The van der Waals surface area contributed by atoms with Crippen LogP contribution in [0, 0.1) is 11.8 Å². The van der Waals surface area contributed by atoms with E-state index in [1.807, 2.05) is 12.1 Å². The Kier molecular flexibility index (Phi) is 4.65. The van der Waals surface area contributed by atoms with Crippen molar-refractivity contribution < 1.29 is 0 Å². The third-order valence-electron chi connectivity index (χ3n) is 4.39. The van der Waals surface area contributed by atoms with E-state index in [2.05, 4.69) is 31.0 Å². The number of hydrogen-bond donors (Lipinski definition) is 1. The monoisotopic (exact) mass is 246 g/mol. The highest BCUT2D eigenvalue weighted by Gasteiger charge is 2.22. The molecule has 0 aromatic heterocycles. The highest BCUT2D eigenvalue weighted by atomic mass is 15.1. The van der Waals surface area contributed by atoms with Gasteiger partial charge in [0.2, 0.25) is 0 Å². The molecule has 1 saturated heterocycles. The van der Waals surface area contributed by atoms with E-state index in [4.69, 9.17) is 5.73 Å². The zero-order chi connectivity index (χ0) is 13.0. The van der Waals surface area contributed by atoms with Crippen LogP contribution < -0.4 is 5.73 Å². The molecule has 1 aliphatic rings. The summed E-state index contributed by atoms with van der Waals surface area (Å²) >= 11 is 0. The van der Waals surface area contributed by atoms with Crippen LogP contribution in [0.2, 0.25) is 0 Å². The van der Waals surface area contributed by atoms with Crippen molar-refractivity contribution in [2.75, 3.05) is 25.9 Å². The van der Waals surface area contributed by atoms with Gasteiger partial charge in [0.05, 0.1) is 0 Å². The van der Waals surface area contributed by atoms with Crippen LogP contribution in [-0.2, 0) is 6.42 Å². The number of benzene rings is 1. The van der Waals surface area contributed by atoms with Crippen molar-refractivity contribution in [2.24, 2.45) is 11.8 Å². The number of nitrogen functional groups attached to an aromatic ring is 1. The maximum atomic E-state index is 6.00. The first-order chi connectivity index (χ1) is 8.66. The molecule has 2 N–H and O–H groups in total. The summed E-state index contributed by atoms with van der Waals surface area (Å²) < 4.78 is 0. The van der Waals surface area contributed by atoms with Gasteiger partial charge in [-0.25, -0.2) is 0 Å². The van der Waals surface area contributed by atoms with Crippen molar-refractivity contribution in [1.82, 2.24) is 4.90 Å². The number of aryl methyl sites for hydroxylation is 1. The molecule has 100 valence electrons. The van der Waals surface area contributed by atoms with Crippen LogP contribution in [-0.4, -0.2) is 25.0 Å². The Labute approximate surface area is 111 Å². The lowest BCUT2D eigenvalue weighted by Crippen LogP contribution is -2.35. The number of anilines is 1. The van der Waals surface area contributed by atoms with Crippen LogP contribution in [0.5, 0.6) is 0 Å². The molecule has 2 rings (SSSR count). The van der Waals surface area contributed by atoms with Gasteiger partial charge in [-0.2, -0.15) is 0 Å². The summed E-state index contributed by atoms with van der Waals surface area (Å²) in [7, 11) is 2.24. The minimum atomic E-state index is 0.798. The molecule has 0 radical (unpaired) electrons. The molecule has 0 spiro atoms. The predicted molar refractivity (Wildman–Crippen MR) is 78.6 cm³/mol. The Balaban J connectivity index is 1.84. The third kappa shape index (κ3) is 3.49. The molecule has 1 heterocycles. The Morgan fingerprint density at radius 3 is 2.89 bits per heavy atom. The van der Waals surface area contributed by atoms with E-state index in [1.54, 1.807) is 0 Å². The van der Waals surface area contributed by atoms with E-state index < -0.39 is 0 Å². The average Bonchev–Trinajstić information content (AvgIpc) is 2.37. The summed E-state index contributed by atoms with van der Waals surface area (Å²) in [5.74, 6) is 1.67. The maximum absolute atomic E-state index is 6.00. The summed E-state index contributed by atoms with van der Waals surface area (Å²) in [5.41, 5.74) is 8.26. The number of nitrogens with two attached hydrogens (primary N) is 1. The van der Waals surface area contributed by atoms with E-state index in [0.717, 1.165) is 23.9 Å². The van der Waals surface area contributed by atoms with Gasteiger partial charge in [0.15, 0.2) is 0 Å². The lowest BCUT2D eigenvalue weighted by molar-refractivity contribution is 0.161. The van der Waals surface area contributed by atoms with Gasteiger partial charge in [-0.3, -0.25) is 0 Å². The van der Waals surface area contributed by atoms with Gasteiger partial charge >= 0.3 is 0 Å². The van der Waals surface area contributed by atoms with E-state index in [0.29, 0.717) is 0 Å². The summed E-state index contributed by atoms with van der Waals surface area (Å²) in [4.78, 5) is 2.47. The molecule has 0 saturated carbocycles. The highest BCUT2D eigenvalue weighted by Crippen LogP contribution is 2.27. The molecule has 1 fully saturated rings. The molecule has 1 aliphatic heterocycles.